The van der Waals surface area contributed by atoms with E-state index in [1.165, 1.54) is 0 Å². The predicted octanol–water partition coefficient (Wildman–Crippen LogP) is 5.51. The second kappa shape index (κ2) is 14.7. The Morgan fingerprint density at radius 2 is 1.17 bits per heavy atom. The fourth-order valence-corrected chi connectivity index (χ4v) is 3.02. The molecule has 2 aromatic carbocycles. The van der Waals surface area contributed by atoms with Crippen molar-refractivity contribution in [2.75, 3.05) is 0 Å². The van der Waals surface area contributed by atoms with Crippen molar-refractivity contribution in [2.24, 2.45) is 0 Å². The Balaban J connectivity index is 0.000000575. The van der Waals surface area contributed by atoms with Gasteiger partial charge in [-0.15, -0.1) is 31.2 Å². The standard InChI is InChI=1S/C16H18OSi.2C5H5.2Fe/c1-18(2,3)13-12-16(17,14-8-4-5-9-14)15-10-6-7-11-15;2*1-2-4-5-3-1;;/h4-11,17H,1-3H3;2*1-5H;;/q-2;2*-1;2*+2. The molecule has 0 saturated carbocycles. The second-order valence-corrected chi connectivity index (χ2v) is 12.2. The third-order valence-electron chi connectivity index (χ3n) is 3.89. The number of aliphatic hydroxyl groups is 1. The van der Waals surface area contributed by atoms with Gasteiger partial charge in [-0.1, -0.05) is 25.6 Å². The van der Waals surface area contributed by atoms with Crippen molar-refractivity contribution in [3.8, 4) is 11.5 Å². The predicted molar refractivity (Wildman–Crippen MR) is 122 cm³/mol. The minimum Gasteiger partial charge on any atom is -0.376 e. The van der Waals surface area contributed by atoms with Gasteiger partial charge < -0.3 is 5.11 Å². The summed E-state index contributed by atoms with van der Waals surface area (Å²) >= 11 is 0. The third-order valence-corrected chi connectivity index (χ3v) is 4.77. The van der Waals surface area contributed by atoms with E-state index in [9.17, 15) is 5.11 Å². The van der Waals surface area contributed by atoms with Crippen molar-refractivity contribution in [2.45, 2.75) is 25.2 Å². The van der Waals surface area contributed by atoms with Gasteiger partial charge in [0.05, 0.1) is 0 Å². The first-order valence-electron chi connectivity index (χ1n) is 9.46. The van der Waals surface area contributed by atoms with Crippen LogP contribution in [0.2, 0.25) is 19.6 Å². The van der Waals surface area contributed by atoms with Crippen molar-refractivity contribution in [3.63, 3.8) is 0 Å². The molecule has 0 aliphatic heterocycles. The number of hydrogen-bond acceptors (Lipinski definition) is 1. The zero-order valence-electron chi connectivity index (χ0n) is 17.5. The van der Waals surface area contributed by atoms with Gasteiger partial charge in [-0.3, -0.25) is 0 Å². The summed E-state index contributed by atoms with van der Waals surface area (Å²) in [7, 11) is -1.51. The third kappa shape index (κ3) is 10.1. The fourth-order valence-electron chi connectivity index (χ4n) is 2.46. The molecule has 0 amide bonds. The zero-order valence-corrected chi connectivity index (χ0v) is 20.8. The molecule has 0 bridgehead atoms. The summed E-state index contributed by atoms with van der Waals surface area (Å²) in [6.45, 7) is 6.53. The van der Waals surface area contributed by atoms with E-state index in [1.807, 2.05) is 111 Å². The minimum atomic E-state index is -1.51. The van der Waals surface area contributed by atoms with Crippen molar-refractivity contribution >= 4 is 8.07 Å². The van der Waals surface area contributed by atoms with Crippen LogP contribution < -0.4 is 0 Å². The van der Waals surface area contributed by atoms with Crippen LogP contribution in [0, 0.1) is 50.0 Å². The molecule has 1 N–H and O–H groups in total. The van der Waals surface area contributed by atoms with Gasteiger partial charge in [0.1, 0.15) is 13.7 Å². The van der Waals surface area contributed by atoms with Crippen LogP contribution in [0.15, 0.2) is 84.0 Å². The number of rotatable bonds is 2. The molecule has 1 nitrogen and oxygen atoms in total. The smallest absolute Gasteiger partial charge is 0.376 e. The van der Waals surface area contributed by atoms with E-state index < -0.39 is 13.7 Å². The summed E-state index contributed by atoms with van der Waals surface area (Å²) in [5.74, 6) is 3.11. The van der Waals surface area contributed by atoms with Crippen LogP contribution in [-0.2, 0) is 34.1 Å². The Labute approximate surface area is 205 Å². The molecule has 0 aromatic heterocycles. The van der Waals surface area contributed by atoms with Crippen LogP contribution in [0.4, 0.5) is 0 Å². The quantitative estimate of drug-likeness (QED) is 0.331. The van der Waals surface area contributed by atoms with Gasteiger partial charge in [-0.2, -0.15) is 47.5 Å². The first kappa shape index (κ1) is 28.7. The Morgan fingerprint density at radius 3 is 1.40 bits per heavy atom. The Bertz CT molecular complexity index is 700. The largest absolute Gasteiger partial charge is 2.00 e. The maximum Gasteiger partial charge on any atom is 2.00 e. The van der Waals surface area contributed by atoms with E-state index in [0.29, 0.717) is 0 Å². The minimum absolute atomic E-state index is 0. The Kier molecular flexibility index (Phi) is 14.0. The fraction of sp³-hybridized carbons (Fsp3) is 0.154. The molecular formula is C26H28Fe2OSi. The average Bonchev–Trinajstić information content (AvgIpc) is 3.49. The molecule has 4 rings (SSSR count). The summed E-state index contributed by atoms with van der Waals surface area (Å²) in [5, 5.41) is 10.9. The zero-order chi connectivity index (χ0) is 20.3. The first-order valence-corrected chi connectivity index (χ1v) is 13.0. The first-order chi connectivity index (χ1) is 13.4. The molecule has 4 heteroatoms. The van der Waals surface area contributed by atoms with Gasteiger partial charge >= 0.3 is 34.1 Å². The van der Waals surface area contributed by atoms with E-state index in [0.717, 1.165) is 11.1 Å². The van der Waals surface area contributed by atoms with E-state index in [1.54, 1.807) is 0 Å². The summed E-state index contributed by atoms with van der Waals surface area (Å²) < 4.78 is 0. The Hall–Kier alpha value is -1.30. The molecule has 158 valence electrons. The van der Waals surface area contributed by atoms with Crippen LogP contribution in [0.25, 0.3) is 0 Å². The van der Waals surface area contributed by atoms with Gasteiger partial charge in [0.15, 0.2) is 0 Å². The molecule has 2 aromatic rings. The normalized spacial score (nSPS) is 14.3. The summed E-state index contributed by atoms with van der Waals surface area (Å²) in [6.07, 6.45) is 15.4. The van der Waals surface area contributed by atoms with E-state index in [2.05, 4.69) is 31.1 Å². The summed E-state index contributed by atoms with van der Waals surface area (Å²) in [6, 6.07) is 20.0. The van der Waals surface area contributed by atoms with E-state index >= 15 is 0 Å². The van der Waals surface area contributed by atoms with E-state index in [4.69, 9.17) is 0 Å². The van der Waals surface area contributed by atoms with Crippen LogP contribution in [-0.4, -0.2) is 18.8 Å². The molecule has 0 fully saturated rings. The molecule has 0 spiro atoms. The molecule has 0 unspecified atom stereocenters. The van der Waals surface area contributed by atoms with Gasteiger partial charge in [0, 0.05) is 0 Å². The van der Waals surface area contributed by atoms with Gasteiger partial charge in [0.25, 0.3) is 0 Å². The maximum absolute atomic E-state index is 10.9. The summed E-state index contributed by atoms with van der Waals surface area (Å²) in [5.41, 5.74) is 3.80. The Morgan fingerprint density at radius 1 is 0.767 bits per heavy atom. The molecular weight excluding hydrogens is 468 g/mol. The molecule has 2 aliphatic rings. The van der Waals surface area contributed by atoms with Crippen molar-refractivity contribution < 1.29 is 39.2 Å². The maximum atomic E-state index is 10.9. The number of allylic oxidation sites excluding steroid dienone is 2. The monoisotopic (exact) mass is 496 g/mol. The van der Waals surface area contributed by atoms with Crippen molar-refractivity contribution in [1.82, 2.24) is 0 Å². The van der Waals surface area contributed by atoms with Crippen molar-refractivity contribution in [3.05, 3.63) is 122 Å². The van der Waals surface area contributed by atoms with Crippen LogP contribution in [0.5, 0.6) is 0 Å². The average molecular weight is 496 g/mol. The SMILES string of the molecule is C[Si](C)(C)C#CC(O)(C1=C[CH][CH][CH-]1)C1=C[CH][CH][CH-]1.[Fe+2].[Fe+2].c1cc[cH-]c1.c1cc[cH-]c1. The molecule has 2 aliphatic carbocycles. The second-order valence-electron chi connectivity index (χ2n) is 7.48. The summed E-state index contributed by atoms with van der Waals surface area (Å²) in [4.78, 5) is 0. The molecule has 0 heterocycles. The van der Waals surface area contributed by atoms with Crippen molar-refractivity contribution in [1.29, 1.82) is 0 Å². The number of hydrogen-bond donors (Lipinski definition) is 1. The van der Waals surface area contributed by atoms with Gasteiger partial charge in [0.2, 0.25) is 0 Å². The van der Waals surface area contributed by atoms with Crippen LogP contribution in [0.3, 0.4) is 0 Å². The molecule has 4 radical (unpaired) electrons. The molecule has 0 saturated heterocycles. The van der Waals surface area contributed by atoms with Gasteiger partial charge in [-0.25, -0.2) is 49.3 Å². The van der Waals surface area contributed by atoms with Crippen LogP contribution >= 0.6 is 0 Å². The van der Waals surface area contributed by atoms with E-state index in [-0.39, 0.29) is 34.1 Å². The molecule has 0 atom stereocenters. The van der Waals surface area contributed by atoms with Gasteiger partial charge in [-0.05, 0) is 0 Å². The molecule has 30 heavy (non-hydrogen) atoms. The van der Waals surface area contributed by atoms with Crippen LogP contribution in [0.1, 0.15) is 0 Å². The topological polar surface area (TPSA) is 20.2 Å².